The smallest absolute Gasteiger partial charge is 0.265 e. The van der Waals surface area contributed by atoms with Crippen LogP contribution < -0.4 is 10.6 Å². The van der Waals surface area contributed by atoms with Gasteiger partial charge in [0.1, 0.15) is 0 Å². The molecule has 1 saturated heterocycles. The van der Waals surface area contributed by atoms with E-state index in [9.17, 15) is 9.59 Å². The quantitative estimate of drug-likeness (QED) is 0.699. The summed E-state index contributed by atoms with van der Waals surface area (Å²) in [5, 5.41) is 7.65. The molecule has 1 aliphatic heterocycles. The molecular weight excluding hydrogens is 374 g/mol. The summed E-state index contributed by atoms with van der Waals surface area (Å²) in [4.78, 5) is 27.6. The van der Waals surface area contributed by atoms with Crippen molar-refractivity contribution in [1.29, 1.82) is 0 Å². The highest BCUT2D eigenvalue weighted by Gasteiger charge is 2.21. The van der Waals surface area contributed by atoms with E-state index in [2.05, 4.69) is 29.4 Å². The van der Waals surface area contributed by atoms with Gasteiger partial charge in [-0.05, 0) is 49.9 Å². The minimum atomic E-state index is -0.165. The number of carbonyl (C=O) groups excluding carboxylic acids is 2. The molecule has 150 valence electrons. The van der Waals surface area contributed by atoms with Gasteiger partial charge >= 0.3 is 0 Å². The van der Waals surface area contributed by atoms with Gasteiger partial charge in [0.25, 0.3) is 11.8 Å². The van der Waals surface area contributed by atoms with Crippen LogP contribution in [-0.4, -0.2) is 55.1 Å². The molecular formula is C21H27N3O3S. The highest BCUT2D eigenvalue weighted by atomic mass is 32.1. The lowest BCUT2D eigenvalue weighted by molar-refractivity contribution is -0.0680. The summed E-state index contributed by atoms with van der Waals surface area (Å²) >= 11 is 1.38. The van der Waals surface area contributed by atoms with Crippen LogP contribution in [0.25, 0.3) is 0 Å². The lowest BCUT2D eigenvalue weighted by Gasteiger charge is -2.35. The SMILES string of the molecule is C[C@H]1CN(CCCNC(=O)c2cccc(NC(=O)c3cccs3)c2)C[C@H](C)O1. The van der Waals surface area contributed by atoms with E-state index in [4.69, 9.17) is 4.74 Å². The summed E-state index contributed by atoms with van der Waals surface area (Å²) in [6.07, 6.45) is 1.40. The number of nitrogens with zero attached hydrogens (tertiary/aromatic N) is 1. The van der Waals surface area contributed by atoms with Crippen molar-refractivity contribution in [3.63, 3.8) is 0 Å². The Kier molecular flexibility index (Phi) is 7.19. The third kappa shape index (κ3) is 5.89. The first kappa shape index (κ1) is 20.5. The average Bonchev–Trinajstić information content (AvgIpc) is 3.19. The Morgan fingerprint density at radius 3 is 2.64 bits per heavy atom. The fourth-order valence-electron chi connectivity index (χ4n) is 3.41. The van der Waals surface area contributed by atoms with Crippen LogP contribution in [0.5, 0.6) is 0 Å². The predicted molar refractivity (Wildman–Crippen MR) is 112 cm³/mol. The van der Waals surface area contributed by atoms with E-state index in [-0.39, 0.29) is 24.0 Å². The Hall–Kier alpha value is -2.22. The molecule has 2 N–H and O–H groups in total. The molecule has 0 aliphatic carbocycles. The number of amides is 2. The maximum atomic E-state index is 12.4. The normalized spacial score (nSPS) is 19.9. The molecule has 0 radical (unpaired) electrons. The Balaban J connectivity index is 1.45. The number of rotatable bonds is 7. The van der Waals surface area contributed by atoms with Crippen molar-refractivity contribution in [2.45, 2.75) is 32.5 Å². The number of ether oxygens (including phenoxy) is 1. The molecule has 6 nitrogen and oxygen atoms in total. The maximum Gasteiger partial charge on any atom is 0.265 e. The Morgan fingerprint density at radius 1 is 1.14 bits per heavy atom. The molecule has 3 rings (SSSR count). The number of hydrogen-bond donors (Lipinski definition) is 2. The van der Waals surface area contributed by atoms with Gasteiger partial charge in [0.15, 0.2) is 0 Å². The van der Waals surface area contributed by atoms with Gasteiger partial charge in [-0.25, -0.2) is 0 Å². The fraction of sp³-hybridized carbons (Fsp3) is 0.429. The van der Waals surface area contributed by atoms with Crippen LogP contribution in [-0.2, 0) is 4.74 Å². The van der Waals surface area contributed by atoms with Crippen molar-refractivity contribution in [3.05, 3.63) is 52.2 Å². The van der Waals surface area contributed by atoms with Crippen molar-refractivity contribution in [2.24, 2.45) is 0 Å². The van der Waals surface area contributed by atoms with Gasteiger partial charge in [-0.15, -0.1) is 11.3 Å². The van der Waals surface area contributed by atoms with Crippen LogP contribution in [0.4, 0.5) is 5.69 Å². The number of morpholine rings is 1. The molecule has 2 heterocycles. The van der Waals surface area contributed by atoms with Gasteiger partial charge < -0.3 is 15.4 Å². The van der Waals surface area contributed by atoms with E-state index in [1.165, 1.54) is 11.3 Å². The Bertz CT molecular complexity index is 784. The number of nitrogens with one attached hydrogen (secondary N) is 2. The minimum Gasteiger partial charge on any atom is -0.373 e. The lowest BCUT2D eigenvalue weighted by Crippen LogP contribution is -2.46. The molecule has 1 aliphatic rings. The molecule has 7 heteroatoms. The van der Waals surface area contributed by atoms with Crippen molar-refractivity contribution in [1.82, 2.24) is 10.2 Å². The van der Waals surface area contributed by atoms with Gasteiger partial charge in [-0.1, -0.05) is 12.1 Å². The van der Waals surface area contributed by atoms with Gasteiger partial charge in [0, 0.05) is 37.4 Å². The Labute approximate surface area is 169 Å². The number of carbonyl (C=O) groups is 2. The lowest BCUT2D eigenvalue weighted by atomic mass is 10.2. The van der Waals surface area contributed by atoms with Crippen LogP contribution in [0.3, 0.4) is 0 Å². The third-order valence-electron chi connectivity index (χ3n) is 4.56. The molecule has 2 atom stereocenters. The molecule has 28 heavy (non-hydrogen) atoms. The first-order valence-corrected chi connectivity index (χ1v) is 10.5. The third-order valence-corrected chi connectivity index (χ3v) is 5.43. The number of benzene rings is 1. The second-order valence-electron chi connectivity index (χ2n) is 7.14. The Morgan fingerprint density at radius 2 is 1.93 bits per heavy atom. The van der Waals surface area contributed by atoms with Crippen molar-refractivity contribution in [2.75, 3.05) is 31.5 Å². The molecule has 0 saturated carbocycles. The van der Waals surface area contributed by atoms with E-state index in [1.807, 2.05) is 11.4 Å². The highest BCUT2D eigenvalue weighted by Crippen LogP contribution is 2.15. The molecule has 0 unspecified atom stereocenters. The standard InChI is InChI=1S/C21H27N3O3S/c1-15-13-24(14-16(2)27-15)10-5-9-22-20(25)17-6-3-7-18(12-17)23-21(26)19-8-4-11-28-19/h3-4,6-8,11-12,15-16H,5,9-10,13-14H2,1-2H3,(H,22,25)(H,23,26)/t15-,16-/m0/s1. The number of hydrogen-bond acceptors (Lipinski definition) is 5. The van der Waals surface area contributed by atoms with Crippen molar-refractivity contribution < 1.29 is 14.3 Å². The zero-order valence-electron chi connectivity index (χ0n) is 16.3. The molecule has 2 aromatic rings. The molecule has 1 aromatic heterocycles. The van der Waals surface area contributed by atoms with Crippen LogP contribution in [0, 0.1) is 0 Å². The topological polar surface area (TPSA) is 70.7 Å². The zero-order chi connectivity index (χ0) is 19.9. The van der Waals surface area contributed by atoms with Crippen molar-refractivity contribution >= 4 is 28.8 Å². The summed E-state index contributed by atoms with van der Waals surface area (Å²) in [5.74, 6) is -0.294. The largest absolute Gasteiger partial charge is 0.373 e. The monoisotopic (exact) mass is 401 g/mol. The summed E-state index contributed by atoms with van der Waals surface area (Å²) < 4.78 is 5.74. The van der Waals surface area contributed by atoms with Gasteiger partial charge in [0.05, 0.1) is 17.1 Å². The first-order valence-electron chi connectivity index (χ1n) is 9.62. The molecule has 0 bridgehead atoms. The maximum absolute atomic E-state index is 12.4. The second kappa shape index (κ2) is 9.82. The van der Waals surface area contributed by atoms with Crippen LogP contribution >= 0.6 is 11.3 Å². The molecule has 1 aromatic carbocycles. The van der Waals surface area contributed by atoms with E-state index in [0.29, 0.717) is 22.7 Å². The summed E-state index contributed by atoms with van der Waals surface area (Å²) in [5.41, 5.74) is 1.15. The summed E-state index contributed by atoms with van der Waals surface area (Å²) in [6, 6.07) is 10.6. The highest BCUT2D eigenvalue weighted by molar-refractivity contribution is 7.12. The van der Waals surface area contributed by atoms with Gasteiger partial charge in [0.2, 0.25) is 0 Å². The van der Waals surface area contributed by atoms with Crippen LogP contribution in [0.15, 0.2) is 41.8 Å². The van der Waals surface area contributed by atoms with E-state index < -0.39 is 0 Å². The van der Waals surface area contributed by atoms with Crippen LogP contribution in [0.2, 0.25) is 0 Å². The number of thiophene rings is 1. The predicted octanol–water partition coefficient (Wildman–Crippen LogP) is 3.23. The molecule has 1 fully saturated rings. The summed E-state index contributed by atoms with van der Waals surface area (Å²) in [7, 11) is 0. The average molecular weight is 402 g/mol. The molecule has 2 amide bonds. The molecule has 0 spiro atoms. The van der Waals surface area contributed by atoms with Crippen LogP contribution in [0.1, 0.15) is 40.3 Å². The zero-order valence-corrected chi connectivity index (χ0v) is 17.1. The van der Waals surface area contributed by atoms with Gasteiger partial charge in [-0.2, -0.15) is 0 Å². The minimum absolute atomic E-state index is 0.129. The number of anilines is 1. The van der Waals surface area contributed by atoms with E-state index >= 15 is 0 Å². The first-order chi connectivity index (χ1) is 13.5. The van der Waals surface area contributed by atoms with Crippen molar-refractivity contribution in [3.8, 4) is 0 Å². The summed E-state index contributed by atoms with van der Waals surface area (Å²) in [6.45, 7) is 7.61. The van der Waals surface area contributed by atoms with E-state index in [0.717, 1.165) is 26.1 Å². The second-order valence-corrected chi connectivity index (χ2v) is 8.09. The van der Waals surface area contributed by atoms with E-state index in [1.54, 1.807) is 30.3 Å². The van der Waals surface area contributed by atoms with Gasteiger partial charge in [-0.3, -0.25) is 14.5 Å². The fourth-order valence-corrected chi connectivity index (χ4v) is 4.03.